The summed E-state index contributed by atoms with van der Waals surface area (Å²) in [6.07, 6.45) is -4.75. The zero-order valence-corrected chi connectivity index (χ0v) is 17.0. The van der Waals surface area contributed by atoms with Crippen molar-refractivity contribution in [2.24, 2.45) is 0 Å². The molecule has 3 rings (SSSR count). The number of aromatic nitrogens is 2. The van der Waals surface area contributed by atoms with Crippen molar-refractivity contribution in [1.29, 1.82) is 0 Å². The van der Waals surface area contributed by atoms with Gasteiger partial charge in [-0.15, -0.1) is 0 Å². The maximum absolute atomic E-state index is 13.1. The van der Waals surface area contributed by atoms with E-state index in [4.69, 9.17) is 16.3 Å². The van der Waals surface area contributed by atoms with Crippen LogP contribution in [0.2, 0.25) is 5.02 Å². The number of carbonyl (C=O) groups is 2. The van der Waals surface area contributed by atoms with Crippen molar-refractivity contribution < 1.29 is 27.5 Å². The second-order valence-electron chi connectivity index (χ2n) is 6.48. The molecule has 0 radical (unpaired) electrons. The summed E-state index contributed by atoms with van der Waals surface area (Å²) in [4.78, 5) is 36.3. The van der Waals surface area contributed by atoms with E-state index in [1.165, 1.54) is 6.07 Å². The summed E-state index contributed by atoms with van der Waals surface area (Å²) in [5.74, 6) is -2.06. The first-order chi connectivity index (χ1) is 15.1. The number of alkyl halides is 3. The minimum atomic E-state index is -4.75. The summed E-state index contributed by atoms with van der Waals surface area (Å²) in [7, 11) is 0. The number of carbonyl (C=O) groups excluding carboxylic acids is 2. The number of hydrogen-bond acceptors (Lipinski definition) is 5. The minimum Gasteiger partial charge on any atom is -0.451 e. The molecule has 3 aromatic rings. The van der Waals surface area contributed by atoms with Crippen LogP contribution in [0.25, 0.3) is 0 Å². The lowest BCUT2D eigenvalue weighted by Gasteiger charge is -2.15. The fourth-order valence-electron chi connectivity index (χ4n) is 2.70. The van der Waals surface area contributed by atoms with Gasteiger partial charge in [0.2, 0.25) is 0 Å². The fourth-order valence-corrected chi connectivity index (χ4v) is 2.92. The maximum atomic E-state index is 13.1. The summed E-state index contributed by atoms with van der Waals surface area (Å²) < 4.78 is 45.2. The number of ether oxygens (including phenoxy) is 1. The number of benzene rings is 2. The van der Waals surface area contributed by atoms with Gasteiger partial charge < -0.3 is 10.1 Å². The highest BCUT2D eigenvalue weighted by Gasteiger charge is 2.34. The zero-order chi connectivity index (χ0) is 23.3. The highest BCUT2D eigenvalue weighted by molar-refractivity contribution is 6.34. The summed E-state index contributed by atoms with van der Waals surface area (Å²) in [5.41, 5.74) is -1.72. The first-order valence-corrected chi connectivity index (χ1v) is 9.47. The molecule has 1 amide bonds. The number of esters is 1. The molecule has 11 heteroatoms. The third kappa shape index (κ3) is 5.73. The molecule has 0 aliphatic carbocycles. The molecule has 1 heterocycles. The van der Waals surface area contributed by atoms with Crippen LogP contribution >= 0.6 is 11.6 Å². The van der Waals surface area contributed by atoms with Gasteiger partial charge >= 0.3 is 12.1 Å². The van der Waals surface area contributed by atoms with Gasteiger partial charge in [-0.25, -0.2) is 9.48 Å². The molecule has 1 aromatic heterocycles. The van der Waals surface area contributed by atoms with Crippen LogP contribution < -0.4 is 10.9 Å². The summed E-state index contributed by atoms with van der Waals surface area (Å²) in [6.45, 7) is -0.783. The minimum absolute atomic E-state index is 0.105. The molecule has 0 aliphatic rings. The van der Waals surface area contributed by atoms with Crippen LogP contribution in [-0.4, -0.2) is 28.3 Å². The lowest BCUT2D eigenvalue weighted by molar-refractivity contribution is -0.137. The number of hydrogen-bond donors (Lipinski definition) is 1. The summed E-state index contributed by atoms with van der Waals surface area (Å²) in [5, 5.41) is 5.59. The van der Waals surface area contributed by atoms with Crippen molar-refractivity contribution >= 4 is 29.2 Å². The van der Waals surface area contributed by atoms with Crippen LogP contribution in [0.1, 0.15) is 21.6 Å². The average Bonchev–Trinajstić information content (AvgIpc) is 2.75. The van der Waals surface area contributed by atoms with Crippen LogP contribution in [0.3, 0.4) is 0 Å². The molecule has 2 aromatic carbocycles. The SMILES string of the molecule is O=C(COC(=O)c1ccc(=O)n(Cc2ccccc2)n1)Nc1c(Cl)cccc1C(F)(F)F. The van der Waals surface area contributed by atoms with E-state index in [-0.39, 0.29) is 17.3 Å². The quantitative estimate of drug-likeness (QED) is 0.560. The number of halogens is 4. The van der Waals surface area contributed by atoms with E-state index in [0.717, 1.165) is 34.5 Å². The molecular weight excluding hydrogens is 451 g/mol. The van der Waals surface area contributed by atoms with Gasteiger partial charge in [0.25, 0.3) is 11.5 Å². The zero-order valence-electron chi connectivity index (χ0n) is 16.2. The van der Waals surface area contributed by atoms with Gasteiger partial charge in [0.05, 0.1) is 22.8 Å². The Morgan fingerprint density at radius 3 is 2.44 bits per heavy atom. The smallest absolute Gasteiger partial charge is 0.418 e. The molecule has 0 spiro atoms. The molecule has 0 saturated carbocycles. The van der Waals surface area contributed by atoms with Crippen molar-refractivity contribution in [2.45, 2.75) is 12.7 Å². The topological polar surface area (TPSA) is 90.3 Å². The molecule has 0 fully saturated rings. The predicted molar refractivity (Wildman–Crippen MR) is 109 cm³/mol. The lowest BCUT2D eigenvalue weighted by atomic mass is 10.1. The van der Waals surface area contributed by atoms with E-state index in [9.17, 15) is 27.6 Å². The molecule has 0 bridgehead atoms. The Morgan fingerprint density at radius 2 is 1.75 bits per heavy atom. The molecule has 166 valence electrons. The van der Waals surface area contributed by atoms with Crippen LogP contribution in [0.5, 0.6) is 0 Å². The standard InChI is InChI=1S/C21H15ClF3N3O4/c22-15-8-4-7-14(21(23,24)25)19(15)26-17(29)12-32-20(31)16-9-10-18(30)28(27-16)11-13-5-2-1-3-6-13/h1-10H,11-12H2,(H,26,29). The van der Waals surface area contributed by atoms with Gasteiger partial charge in [0.1, 0.15) is 0 Å². The number of nitrogens with zero attached hydrogens (tertiary/aromatic N) is 2. The second-order valence-corrected chi connectivity index (χ2v) is 6.89. The Morgan fingerprint density at radius 1 is 1.03 bits per heavy atom. The monoisotopic (exact) mass is 465 g/mol. The van der Waals surface area contributed by atoms with Gasteiger partial charge in [-0.05, 0) is 23.8 Å². The fraction of sp³-hybridized carbons (Fsp3) is 0.143. The van der Waals surface area contributed by atoms with Crippen molar-refractivity contribution in [3.8, 4) is 0 Å². The van der Waals surface area contributed by atoms with E-state index in [2.05, 4.69) is 5.10 Å². The molecular formula is C21H15ClF3N3O4. The molecule has 1 N–H and O–H groups in total. The molecule has 7 nitrogen and oxygen atoms in total. The molecule has 0 aliphatic heterocycles. The van der Waals surface area contributed by atoms with Crippen molar-refractivity contribution in [3.63, 3.8) is 0 Å². The third-order valence-corrected chi connectivity index (χ3v) is 4.48. The number of para-hydroxylation sites is 1. The Labute approximate surface area is 184 Å². The molecule has 32 heavy (non-hydrogen) atoms. The number of nitrogens with one attached hydrogen (secondary N) is 1. The number of anilines is 1. The largest absolute Gasteiger partial charge is 0.451 e. The Bertz CT molecular complexity index is 1200. The Balaban J connectivity index is 1.67. The summed E-state index contributed by atoms with van der Waals surface area (Å²) in [6, 6.07) is 14.2. The van der Waals surface area contributed by atoms with Gasteiger partial charge in [-0.3, -0.25) is 9.59 Å². The van der Waals surface area contributed by atoms with E-state index in [1.807, 2.05) is 5.32 Å². The van der Waals surface area contributed by atoms with Crippen LogP contribution in [0.4, 0.5) is 18.9 Å². The Hall–Kier alpha value is -3.66. The van der Waals surface area contributed by atoms with Gasteiger partial charge in [0, 0.05) is 6.07 Å². The van der Waals surface area contributed by atoms with Crippen molar-refractivity contribution in [3.05, 3.63) is 92.9 Å². The third-order valence-electron chi connectivity index (χ3n) is 4.17. The first kappa shape index (κ1) is 23.0. The highest BCUT2D eigenvalue weighted by Crippen LogP contribution is 2.38. The predicted octanol–water partition coefficient (Wildman–Crippen LogP) is 3.76. The van der Waals surface area contributed by atoms with E-state index in [1.54, 1.807) is 30.3 Å². The highest BCUT2D eigenvalue weighted by atomic mass is 35.5. The van der Waals surface area contributed by atoms with Crippen LogP contribution in [-0.2, 0) is 22.3 Å². The van der Waals surface area contributed by atoms with Crippen molar-refractivity contribution in [2.75, 3.05) is 11.9 Å². The Kier molecular flexibility index (Phi) is 6.94. The maximum Gasteiger partial charge on any atom is 0.418 e. The number of rotatable bonds is 6. The van der Waals surface area contributed by atoms with Crippen LogP contribution in [0, 0.1) is 0 Å². The van der Waals surface area contributed by atoms with Crippen molar-refractivity contribution in [1.82, 2.24) is 9.78 Å². The summed E-state index contributed by atoms with van der Waals surface area (Å²) >= 11 is 5.77. The van der Waals surface area contributed by atoms with E-state index < -0.39 is 41.5 Å². The van der Waals surface area contributed by atoms with Gasteiger partial charge in [-0.1, -0.05) is 48.0 Å². The van der Waals surface area contributed by atoms with E-state index in [0.29, 0.717) is 0 Å². The van der Waals surface area contributed by atoms with E-state index >= 15 is 0 Å². The normalized spacial score (nSPS) is 11.1. The van der Waals surface area contributed by atoms with Gasteiger partial charge in [0.15, 0.2) is 12.3 Å². The first-order valence-electron chi connectivity index (χ1n) is 9.10. The lowest BCUT2D eigenvalue weighted by Crippen LogP contribution is -2.27. The van der Waals surface area contributed by atoms with Crippen LogP contribution in [0.15, 0.2) is 65.5 Å². The van der Waals surface area contributed by atoms with Gasteiger partial charge in [-0.2, -0.15) is 18.3 Å². The average molecular weight is 466 g/mol. The molecule has 0 atom stereocenters. The molecule has 0 saturated heterocycles. The number of amides is 1. The molecule has 0 unspecified atom stereocenters. The second kappa shape index (κ2) is 9.65.